The van der Waals surface area contributed by atoms with Gasteiger partial charge in [-0.25, -0.2) is 8.42 Å². The number of fused-ring (bicyclic) bond motifs is 1. The molecule has 4 rings (SSSR count). The fraction of sp³-hybridized carbons (Fsp3) is 0.321. The molecule has 1 atom stereocenters. The van der Waals surface area contributed by atoms with E-state index in [0.717, 1.165) is 30.4 Å². The zero-order valence-electron chi connectivity index (χ0n) is 19.8. The number of carbonyl (C=O) groups is 1. The normalized spacial score (nSPS) is 14.2. The van der Waals surface area contributed by atoms with Crippen molar-refractivity contribution < 1.29 is 13.2 Å². The van der Waals surface area contributed by atoms with Crippen LogP contribution in [0.1, 0.15) is 54.5 Å². The van der Waals surface area contributed by atoms with Gasteiger partial charge in [0.25, 0.3) is 10.0 Å². The lowest BCUT2D eigenvalue weighted by Crippen LogP contribution is -2.42. The van der Waals surface area contributed by atoms with E-state index in [4.69, 9.17) is 0 Å². The third-order valence-corrected chi connectivity index (χ3v) is 8.21. The Kier molecular flexibility index (Phi) is 7.37. The van der Waals surface area contributed by atoms with Crippen LogP contribution in [-0.4, -0.2) is 20.9 Å². The topological polar surface area (TPSA) is 66.5 Å². The van der Waals surface area contributed by atoms with E-state index in [2.05, 4.69) is 23.5 Å². The van der Waals surface area contributed by atoms with Crippen molar-refractivity contribution in [2.75, 3.05) is 10.8 Å². The molecule has 0 fully saturated rings. The van der Waals surface area contributed by atoms with Gasteiger partial charge in [-0.1, -0.05) is 55.5 Å². The van der Waals surface area contributed by atoms with Gasteiger partial charge in [0.2, 0.25) is 5.91 Å². The summed E-state index contributed by atoms with van der Waals surface area (Å²) in [6.45, 7) is 3.64. The lowest BCUT2D eigenvalue weighted by Gasteiger charge is -2.26. The number of anilines is 1. The first-order valence-corrected chi connectivity index (χ1v) is 13.4. The van der Waals surface area contributed by atoms with Gasteiger partial charge in [-0.3, -0.25) is 9.10 Å². The Morgan fingerprint density at radius 3 is 2.38 bits per heavy atom. The van der Waals surface area contributed by atoms with Gasteiger partial charge in [0, 0.05) is 0 Å². The largest absolute Gasteiger partial charge is 0.348 e. The second-order valence-corrected chi connectivity index (χ2v) is 10.8. The van der Waals surface area contributed by atoms with Crippen LogP contribution in [0, 0.1) is 6.92 Å². The summed E-state index contributed by atoms with van der Waals surface area (Å²) in [4.78, 5) is 13.4. The van der Waals surface area contributed by atoms with Crippen LogP contribution in [0.25, 0.3) is 0 Å². The average molecular weight is 477 g/mol. The van der Waals surface area contributed by atoms with E-state index in [0.29, 0.717) is 5.69 Å². The van der Waals surface area contributed by atoms with Gasteiger partial charge >= 0.3 is 0 Å². The number of hydrogen-bond acceptors (Lipinski definition) is 3. The standard InChI is InChI=1S/C28H32N2O3S/c1-3-27(24-17-16-22-11-7-8-12-23(22)19-24)29-28(31)20-30(25-13-9-10-21(2)18-25)34(32,33)26-14-5-4-6-15-26/h4-6,9-10,13-19,27H,3,7-8,11-12,20H2,1-2H3,(H,29,31)/t27-/m0/s1. The molecule has 0 saturated carbocycles. The fourth-order valence-electron chi connectivity index (χ4n) is 4.58. The molecule has 0 unspecified atom stereocenters. The maximum Gasteiger partial charge on any atom is 0.264 e. The number of hydrogen-bond donors (Lipinski definition) is 1. The third-order valence-electron chi connectivity index (χ3n) is 6.43. The summed E-state index contributed by atoms with van der Waals surface area (Å²) in [6.07, 6.45) is 5.33. The average Bonchev–Trinajstić information content (AvgIpc) is 2.86. The summed E-state index contributed by atoms with van der Waals surface area (Å²) in [6, 6.07) is 21.8. The molecular weight excluding hydrogens is 444 g/mol. The molecule has 1 aliphatic rings. The van der Waals surface area contributed by atoms with Crippen LogP contribution in [0.2, 0.25) is 0 Å². The van der Waals surface area contributed by atoms with Crippen molar-refractivity contribution in [3.8, 4) is 0 Å². The number of benzene rings is 3. The van der Waals surface area contributed by atoms with Crippen LogP contribution in [0.15, 0.2) is 77.7 Å². The molecule has 6 heteroatoms. The summed E-state index contributed by atoms with van der Waals surface area (Å²) in [5, 5.41) is 3.08. The number of amides is 1. The van der Waals surface area contributed by atoms with Crippen molar-refractivity contribution in [1.29, 1.82) is 0 Å². The summed E-state index contributed by atoms with van der Waals surface area (Å²) in [5.41, 5.74) is 5.23. The lowest BCUT2D eigenvalue weighted by molar-refractivity contribution is -0.120. The van der Waals surface area contributed by atoms with Gasteiger partial charge in [0.15, 0.2) is 0 Å². The van der Waals surface area contributed by atoms with Crippen molar-refractivity contribution in [3.05, 3.63) is 95.1 Å². The van der Waals surface area contributed by atoms with Gasteiger partial charge in [0.05, 0.1) is 16.6 Å². The molecule has 0 saturated heterocycles. The van der Waals surface area contributed by atoms with Crippen LogP contribution in [0.4, 0.5) is 5.69 Å². The molecule has 0 aromatic heterocycles. The second kappa shape index (κ2) is 10.4. The van der Waals surface area contributed by atoms with Crippen LogP contribution in [-0.2, 0) is 27.7 Å². The molecule has 0 heterocycles. The SMILES string of the molecule is CC[C@H](NC(=O)CN(c1cccc(C)c1)S(=O)(=O)c1ccccc1)c1ccc2c(c1)CCCC2. The summed E-state index contributed by atoms with van der Waals surface area (Å²) in [5.74, 6) is -0.328. The Morgan fingerprint density at radius 2 is 1.68 bits per heavy atom. The zero-order chi connectivity index (χ0) is 24.1. The summed E-state index contributed by atoms with van der Waals surface area (Å²) in [7, 11) is -3.91. The number of carbonyl (C=O) groups excluding carboxylic acids is 1. The van der Waals surface area contributed by atoms with Crippen molar-refractivity contribution in [2.24, 2.45) is 0 Å². The Bertz CT molecular complexity index is 1260. The molecule has 1 N–H and O–H groups in total. The van der Waals surface area contributed by atoms with Crippen LogP contribution in [0.5, 0.6) is 0 Å². The maximum atomic E-state index is 13.5. The Morgan fingerprint density at radius 1 is 0.941 bits per heavy atom. The van der Waals surface area contributed by atoms with Crippen molar-refractivity contribution in [2.45, 2.75) is 56.9 Å². The molecule has 3 aromatic carbocycles. The Balaban J connectivity index is 1.59. The Labute approximate surface area is 202 Å². The molecule has 34 heavy (non-hydrogen) atoms. The van der Waals surface area contributed by atoms with Gasteiger partial charge in [-0.15, -0.1) is 0 Å². The molecule has 1 aliphatic carbocycles. The molecule has 0 spiro atoms. The summed E-state index contributed by atoms with van der Waals surface area (Å²) < 4.78 is 28.2. The van der Waals surface area contributed by atoms with E-state index >= 15 is 0 Å². The van der Waals surface area contributed by atoms with Crippen molar-refractivity contribution >= 4 is 21.6 Å². The molecule has 1 amide bonds. The highest BCUT2D eigenvalue weighted by Crippen LogP contribution is 2.27. The number of nitrogens with zero attached hydrogens (tertiary/aromatic N) is 1. The van der Waals surface area contributed by atoms with E-state index < -0.39 is 10.0 Å². The first-order valence-electron chi connectivity index (χ1n) is 11.9. The van der Waals surface area contributed by atoms with Crippen LogP contribution < -0.4 is 9.62 Å². The fourth-order valence-corrected chi connectivity index (χ4v) is 6.01. The number of sulfonamides is 1. The van der Waals surface area contributed by atoms with Crippen LogP contribution in [0.3, 0.4) is 0 Å². The smallest absolute Gasteiger partial charge is 0.264 e. The molecule has 0 radical (unpaired) electrons. The predicted molar refractivity (Wildman–Crippen MR) is 136 cm³/mol. The minimum Gasteiger partial charge on any atom is -0.348 e. The van der Waals surface area contributed by atoms with Crippen molar-refractivity contribution in [3.63, 3.8) is 0 Å². The van der Waals surface area contributed by atoms with Gasteiger partial charge in [0.1, 0.15) is 6.54 Å². The second-order valence-electron chi connectivity index (χ2n) is 8.93. The Hall–Kier alpha value is -3.12. The van der Waals surface area contributed by atoms with Gasteiger partial charge < -0.3 is 5.32 Å². The highest BCUT2D eigenvalue weighted by atomic mass is 32.2. The molecule has 0 aliphatic heterocycles. The van der Waals surface area contributed by atoms with E-state index in [-0.39, 0.29) is 23.4 Å². The molecular formula is C28H32N2O3S. The van der Waals surface area contributed by atoms with Crippen LogP contribution >= 0.6 is 0 Å². The zero-order valence-corrected chi connectivity index (χ0v) is 20.6. The molecule has 0 bridgehead atoms. The minimum atomic E-state index is -3.91. The summed E-state index contributed by atoms with van der Waals surface area (Å²) >= 11 is 0. The van der Waals surface area contributed by atoms with Gasteiger partial charge in [-0.2, -0.15) is 0 Å². The highest BCUT2D eigenvalue weighted by molar-refractivity contribution is 7.92. The van der Waals surface area contributed by atoms with Crippen molar-refractivity contribution in [1.82, 2.24) is 5.32 Å². The van der Waals surface area contributed by atoms with E-state index in [9.17, 15) is 13.2 Å². The number of nitrogens with one attached hydrogen (secondary N) is 1. The predicted octanol–water partition coefficient (Wildman–Crippen LogP) is 5.34. The number of aryl methyl sites for hydroxylation is 3. The van der Waals surface area contributed by atoms with E-state index in [1.165, 1.54) is 28.3 Å². The maximum absolute atomic E-state index is 13.5. The highest BCUT2D eigenvalue weighted by Gasteiger charge is 2.28. The lowest BCUT2D eigenvalue weighted by atomic mass is 9.89. The number of rotatable bonds is 8. The first-order chi connectivity index (χ1) is 16.4. The van der Waals surface area contributed by atoms with Gasteiger partial charge in [-0.05, 0) is 85.5 Å². The quantitative estimate of drug-likeness (QED) is 0.477. The molecule has 178 valence electrons. The third kappa shape index (κ3) is 5.33. The first kappa shape index (κ1) is 24.0. The van der Waals surface area contributed by atoms with E-state index in [1.54, 1.807) is 48.5 Å². The van der Waals surface area contributed by atoms with E-state index in [1.807, 2.05) is 19.9 Å². The molecule has 5 nitrogen and oxygen atoms in total. The molecule has 3 aromatic rings. The monoisotopic (exact) mass is 476 g/mol. The minimum absolute atomic E-state index is 0.158.